The Morgan fingerprint density at radius 3 is 2.77 bits per heavy atom. The van der Waals surface area contributed by atoms with Gasteiger partial charge in [0.05, 0.1) is 10.6 Å². The molecule has 22 heavy (non-hydrogen) atoms. The SMILES string of the molecule is CCCCNc1ncc(C(=O)Nc2cccc(Cl)c2)cc1Cl. The van der Waals surface area contributed by atoms with E-state index in [4.69, 9.17) is 23.2 Å². The number of anilines is 2. The first-order valence-electron chi connectivity index (χ1n) is 7.06. The second-order valence-corrected chi connectivity index (χ2v) is 5.64. The van der Waals surface area contributed by atoms with E-state index in [1.807, 2.05) is 0 Å². The van der Waals surface area contributed by atoms with E-state index in [1.165, 1.54) is 6.20 Å². The Labute approximate surface area is 139 Å². The van der Waals surface area contributed by atoms with Crippen LogP contribution in [0.1, 0.15) is 30.1 Å². The lowest BCUT2D eigenvalue weighted by molar-refractivity contribution is 0.102. The number of carbonyl (C=O) groups excluding carboxylic acids is 1. The minimum Gasteiger partial charge on any atom is -0.369 e. The number of unbranched alkanes of at least 4 members (excludes halogenated alkanes) is 1. The van der Waals surface area contributed by atoms with Crippen molar-refractivity contribution in [1.82, 2.24) is 4.98 Å². The Hall–Kier alpha value is -1.78. The van der Waals surface area contributed by atoms with Gasteiger partial charge >= 0.3 is 0 Å². The molecule has 1 aromatic heterocycles. The Morgan fingerprint density at radius 2 is 2.09 bits per heavy atom. The first-order valence-corrected chi connectivity index (χ1v) is 7.82. The van der Waals surface area contributed by atoms with Gasteiger partial charge in [0.2, 0.25) is 0 Å². The maximum absolute atomic E-state index is 12.2. The summed E-state index contributed by atoms with van der Waals surface area (Å²) in [6.45, 7) is 2.91. The summed E-state index contributed by atoms with van der Waals surface area (Å²) in [5, 5.41) is 6.89. The molecule has 2 aromatic rings. The quantitative estimate of drug-likeness (QED) is 0.740. The molecule has 0 saturated heterocycles. The molecule has 0 aliphatic rings. The number of aromatic nitrogens is 1. The normalized spacial score (nSPS) is 10.3. The van der Waals surface area contributed by atoms with E-state index in [-0.39, 0.29) is 5.91 Å². The van der Waals surface area contributed by atoms with E-state index in [9.17, 15) is 4.79 Å². The molecule has 0 spiro atoms. The van der Waals surface area contributed by atoms with Crippen LogP contribution in [0, 0.1) is 0 Å². The molecule has 1 heterocycles. The van der Waals surface area contributed by atoms with Gasteiger partial charge in [-0.05, 0) is 30.7 Å². The summed E-state index contributed by atoms with van der Waals surface area (Å²) < 4.78 is 0. The average Bonchev–Trinajstić information content (AvgIpc) is 2.49. The number of halogens is 2. The molecule has 1 aromatic carbocycles. The van der Waals surface area contributed by atoms with Crippen LogP contribution in [0.3, 0.4) is 0 Å². The number of pyridine rings is 1. The lowest BCUT2D eigenvalue weighted by atomic mass is 10.2. The Morgan fingerprint density at radius 1 is 1.27 bits per heavy atom. The summed E-state index contributed by atoms with van der Waals surface area (Å²) >= 11 is 12.0. The zero-order valence-corrected chi connectivity index (χ0v) is 13.7. The summed E-state index contributed by atoms with van der Waals surface area (Å²) in [5.74, 6) is 0.311. The van der Waals surface area contributed by atoms with Gasteiger partial charge in [-0.1, -0.05) is 42.6 Å². The molecule has 0 aliphatic heterocycles. The van der Waals surface area contributed by atoms with Crippen molar-refractivity contribution in [1.29, 1.82) is 0 Å². The molecule has 0 saturated carbocycles. The number of rotatable bonds is 6. The van der Waals surface area contributed by atoms with E-state index in [0.29, 0.717) is 27.1 Å². The average molecular weight is 338 g/mol. The Bertz CT molecular complexity index is 662. The number of carbonyl (C=O) groups is 1. The predicted molar refractivity (Wildman–Crippen MR) is 92.0 cm³/mol. The Balaban J connectivity index is 2.05. The topological polar surface area (TPSA) is 54.0 Å². The number of nitrogens with one attached hydrogen (secondary N) is 2. The van der Waals surface area contributed by atoms with Crippen LogP contribution in [-0.4, -0.2) is 17.4 Å². The molecule has 0 atom stereocenters. The van der Waals surface area contributed by atoms with Crippen molar-refractivity contribution in [3.63, 3.8) is 0 Å². The largest absolute Gasteiger partial charge is 0.369 e. The fraction of sp³-hybridized carbons (Fsp3) is 0.250. The van der Waals surface area contributed by atoms with E-state index in [0.717, 1.165) is 19.4 Å². The molecule has 0 unspecified atom stereocenters. The summed E-state index contributed by atoms with van der Waals surface area (Å²) in [7, 11) is 0. The second-order valence-electron chi connectivity index (χ2n) is 4.80. The highest BCUT2D eigenvalue weighted by Crippen LogP contribution is 2.21. The molecule has 0 fully saturated rings. The van der Waals surface area contributed by atoms with Crippen molar-refractivity contribution >= 4 is 40.6 Å². The van der Waals surface area contributed by atoms with Crippen LogP contribution in [0.25, 0.3) is 0 Å². The third-order valence-electron chi connectivity index (χ3n) is 3.01. The van der Waals surface area contributed by atoms with Crippen LogP contribution in [0.2, 0.25) is 10.0 Å². The fourth-order valence-electron chi connectivity index (χ4n) is 1.85. The number of hydrogen-bond donors (Lipinski definition) is 2. The molecule has 6 heteroatoms. The smallest absolute Gasteiger partial charge is 0.257 e. The van der Waals surface area contributed by atoms with Gasteiger partial charge in [0.1, 0.15) is 5.82 Å². The monoisotopic (exact) mass is 337 g/mol. The molecule has 1 amide bonds. The van der Waals surface area contributed by atoms with Crippen molar-refractivity contribution in [2.45, 2.75) is 19.8 Å². The molecule has 116 valence electrons. The van der Waals surface area contributed by atoms with Gasteiger partial charge in [0.25, 0.3) is 5.91 Å². The summed E-state index contributed by atoms with van der Waals surface area (Å²) in [6, 6.07) is 8.55. The van der Waals surface area contributed by atoms with Crippen LogP contribution < -0.4 is 10.6 Å². The third kappa shape index (κ3) is 4.61. The Kier molecular flexibility index (Phi) is 6.04. The number of nitrogens with zero attached hydrogens (tertiary/aromatic N) is 1. The highest BCUT2D eigenvalue weighted by molar-refractivity contribution is 6.33. The van der Waals surface area contributed by atoms with Crippen molar-refractivity contribution in [3.8, 4) is 0 Å². The number of hydrogen-bond acceptors (Lipinski definition) is 3. The van der Waals surface area contributed by atoms with Crippen LogP contribution >= 0.6 is 23.2 Å². The minimum atomic E-state index is -0.281. The molecule has 2 rings (SSSR count). The van der Waals surface area contributed by atoms with Gasteiger partial charge in [0.15, 0.2) is 0 Å². The number of benzene rings is 1. The van der Waals surface area contributed by atoms with Gasteiger partial charge in [-0.25, -0.2) is 4.98 Å². The van der Waals surface area contributed by atoms with Crippen molar-refractivity contribution in [2.75, 3.05) is 17.2 Å². The van der Waals surface area contributed by atoms with Crippen LogP contribution in [-0.2, 0) is 0 Å². The lowest BCUT2D eigenvalue weighted by Crippen LogP contribution is -2.13. The highest BCUT2D eigenvalue weighted by atomic mass is 35.5. The van der Waals surface area contributed by atoms with E-state index < -0.39 is 0 Å². The molecular formula is C16H17Cl2N3O. The van der Waals surface area contributed by atoms with Crippen molar-refractivity contribution in [3.05, 3.63) is 52.1 Å². The lowest BCUT2D eigenvalue weighted by Gasteiger charge is -2.09. The zero-order valence-electron chi connectivity index (χ0n) is 12.2. The third-order valence-corrected chi connectivity index (χ3v) is 3.53. The summed E-state index contributed by atoms with van der Waals surface area (Å²) in [6.07, 6.45) is 3.62. The van der Waals surface area contributed by atoms with E-state index in [2.05, 4.69) is 22.5 Å². The van der Waals surface area contributed by atoms with Gasteiger partial charge < -0.3 is 10.6 Å². The van der Waals surface area contributed by atoms with Gasteiger partial charge in [0, 0.05) is 23.5 Å². The summed E-state index contributed by atoms with van der Waals surface area (Å²) in [4.78, 5) is 16.4. The maximum atomic E-state index is 12.2. The molecule has 0 bridgehead atoms. The first kappa shape index (κ1) is 16.6. The second kappa shape index (κ2) is 8.01. The molecule has 0 radical (unpaired) electrons. The molecule has 4 nitrogen and oxygen atoms in total. The molecular weight excluding hydrogens is 321 g/mol. The maximum Gasteiger partial charge on any atom is 0.257 e. The van der Waals surface area contributed by atoms with E-state index in [1.54, 1.807) is 30.3 Å². The van der Waals surface area contributed by atoms with Gasteiger partial charge in [-0.15, -0.1) is 0 Å². The van der Waals surface area contributed by atoms with Gasteiger partial charge in [-0.2, -0.15) is 0 Å². The van der Waals surface area contributed by atoms with Crippen LogP contribution in [0.4, 0.5) is 11.5 Å². The highest BCUT2D eigenvalue weighted by Gasteiger charge is 2.10. The fourth-order valence-corrected chi connectivity index (χ4v) is 2.27. The van der Waals surface area contributed by atoms with Gasteiger partial charge in [-0.3, -0.25) is 4.79 Å². The summed E-state index contributed by atoms with van der Waals surface area (Å²) in [5.41, 5.74) is 1.02. The number of amides is 1. The van der Waals surface area contributed by atoms with E-state index >= 15 is 0 Å². The predicted octanol–water partition coefficient (Wildman–Crippen LogP) is 4.85. The van der Waals surface area contributed by atoms with Crippen molar-refractivity contribution < 1.29 is 4.79 Å². The molecule has 0 aliphatic carbocycles. The van der Waals surface area contributed by atoms with Crippen molar-refractivity contribution in [2.24, 2.45) is 0 Å². The zero-order chi connectivity index (χ0) is 15.9. The van der Waals surface area contributed by atoms with Crippen LogP contribution in [0.15, 0.2) is 36.5 Å². The first-order chi connectivity index (χ1) is 10.6. The standard InChI is InChI=1S/C16H17Cl2N3O/c1-2-3-7-19-15-14(18)8-11(10-20-15)16(22)21-13-6-4-5-12(17)9-13/h4-6,8-10H,2-3,7H2,1H3,(H,19,20)(H,21,22). The minimum absolute atomic E-state index is 0.281. The van der Waals surface area contributed by atoms with Crippen LogP contribution in [0.5, 0.6) is 0 Å². The molecule has 2 N–H and O–H groups in total.